The van der Waals surface area contributed by atoms with E-state index >= 15 is 0 Å². The minimum Gasteiger partial charge on any atom is -0.357 e. The summed E-state index contributed by atoms with van der Waals surface area (Å²) in [4.78, 5) is 0. The highest BCUT2D eigenvalue weighted by Crippen LogP contribution is 2.35. The third kappa shape index (κ3) is 3.13. The van der Waals surface area contributed by atoms with Gasteiger partial charge in [0.05, 0.1) is 0 Å². The maximum Gasteiger partial charge on any atom is 0.445 e. The number of halogens is 3. The molecule has 3 unspecified atom stereocenters. The van der Waals surface area contributed by atoms with Crippen LogP contribution >= 0.6 is 11.3 Å². The highest BCUT2D eigenvalue weighted by atomic mass is 32.1. The molecule has 1 aliphatic rings. The van der Waals surface area contributed by atoms with E-state index < -0.39 is 11.2 Å². The number of anilines is 1. The van der Waals surface area contributed by atoms with Gasteiger partial charge in [0.25, 0.3) is 0 Å². The summed E-state index contributed by atoms with van der Waals surface area (Å²) in [6.45, 7) is 4.40. The van der Waals surface area contributed by atoms with Gasteiger partial charge in [-0.2, -0.15) is 13.2 Å². The summed E-state index contributed by atoms with van der Waals surface area (Å²) >= 11 is 0.577. The van der Waals surface area contributed by atoms with Crippen molar-refractivity contribution in [2.75, 3.05) is 5.32 Å². The van der Waals surface area contributed by atoms with Crippen LogP contribution in [0, 0.1) is 11.8 Å². The average molecular weight is 279 g/mol. The van der Waals surface area contributed by atoms with Gasteiger partial charge < -0.3 is 5.32 Å². The third-order valence-electron chi connectivity index (χ3n) is 3.59. The summed E-state index contributed by atoms with van der Waals surface area (Å²) in [5, 5.41) is 9.18. The molecule has 1 fully saturated rings. The Hall–Kier alpha value is -0.850. The maximum absolute atomic E-state index is 12.4. The Labute approximate surface area is 108 Å². The Bertz CT molecular complexity index is 404. The molecule has 0 spiro atoms. The summed E-state index contributed by atoms with van der Waals surface area (Å²) < 4.78 is 37.1. The number of aromatic nitrogens is 2. The van der Waals surface area contributed by atoms with E-state index in [1.807, 2.05) is 0 Å². The van der Waals surface area contributed by atoms with Gasteiger partial charge in [-0.25, -0.2) is 0 Å². The molecular formula is C11H16F3N3S. The summed E-state index contributed by atoms with van der Waals surface area (Å²) in [6.07, 6.45) is -1.34. The van der Waals surface area contributed by atoms with E-state index in [1.54, 1.807) is 0 Å². The topological polar surface area (TPSA) is 37.8 Å². The van der Waals surface area contributed by atoms with Crippen LogP contribution in [-0.4, -0.2) is 16.2 Å². The van der Waals surface area contributed by atoms with Gasteiger partial charge in [-0.05, 0) is 31.1 Å². The minimum absolute atomic E-state index is 0.213. The predicted molar refractivity (Wildman–Crippen MR) is 64.5 cm³/mol. The van der Waals surface area contributed by atoms with E-state index in [9.17, 15) is 13.2 Å². The smallest absolute Gasteiger partial charge is 0.357 e. The molecule has 7 heteroatoms. The molecule has 0 radical (unpaired) electrons. The van der Waals surface area contributed by atoms with Crippen LogP contribution < -0.4 is 5.32 Å². The highest BCUT2D eigenvalue weighted by molar-refractivity contribution is 7.15. The van der Waals surface area contributed by atoms with Crippen LogP contribution in [-0.2, 0) is 6.18 Å². The van der Waals surface area contributed by atoms with E-state index in [1.165, 1.54) is 0 Å². The first-order valence-electron chi connectivity index (χ1n) is 6.03. The monoisotopic (exact) mass is 279 g/mol. The third-order valence-corrected chi connectivity index (χ3v) is 4.49. The van der Waals surface area contributed by atoms with Crippen LogP contribution in [0.4, 0.5) is 18.3 Å². The molecule has 1 aromatic heterocycles. The zero-order valence-corrected chi connectivity index (χ0v) is 11.1. The fourth-order valence-electron chi connectivity index (χ4n) is 2.25. The van der Waals surface area contributed by atoms with Crippen molar-refractivity contribution in [1.29, 1.82) is 0 Å². The van der Waals surface area contributed by atoms with Crippen LogP contribution in [0.1, 0.15) is 38.1 Å². The summed E-state index contributed by atoms with van der Waals surface area (Å²) in [5.41, 5.74) is 0. The molecule has 1 aliphatic carbocycles. The number of rotatable bonds is 2. The molecule has 1 N–H and O–H groups in total. The van der Waals surface area contributed by atoms with Crippen molar-refractivity contribution in [3.05, 3.63) is 5.01 Å². The molecule has 1 heterocycles. The molecule has 3 atom stereocenters. The Morgan fingerprint density at radius 3 is 2.44 bits per heavy atom. The fourth-order valence-corrected chi connectivity index (χ4v) is 2.94. The summed E-state index contributed by atoms with van der Waals surface area (Å²) in [6, 6.07) is 0.213. The van der Waals surface area contributed by atoms with Gasteiger partial charge in [0.15, 0.2) is 0 Å². The normalized spacial score (nSPS) is 29.3. The van der Waals surface area contributed by atoms with Crippen LogP contribution in [0.5, 0.6) is 0 Å². The zero-order chi connectivity index (χ0) is 13.3. The molecule has 0 aromatic carbocycles. The molecular weight excluding hydrogens is 263 g/mol. The SMILES string of the molecule is CC1CCC(Nc2nnc(C(F)(F)F)s2)CC1C. The lowest BCUT2D eigenvalue weighted by Crippen LogP contribution is -2.30. The van der Waals surface area contributed by atoms with Crippen molar-refractivity contribution < 1.29 is 13.2 Å². The lowest BCUT2D eigenvalue weighted by atomic mass is 9.79. The van der Waals surface area contributed by atoms with E-state index in [4.69, 9.17) is 0 Å². The van der Waals surface area contributed by atoms with E-state index in [0.29, 0.717) is 23.2 Å². The van der Waals surface area contributed by atoms with Gasteiger partial charge in [-0.1, -0.05) is 25.2 Å². The number of nitrogens with zero attached hydrogens (tertiary/aromatic N) is 2. The molecule has 0 aliphatic heterocycles. The van der Waals surface area contributed by atoms with Gasteiger partial charge in [0.1, 0.15) is 0 Å². The number of hydrogen-bond acceptors (Lipinski definition) is 4. The van der Waals surface area contributed by atoms with Crippen LogP contribution in [0.25, 0.3) is 0 Å². The van der Waals surface area contributed by atoms with Gasteiger partial charge in [0, 0.05) is 6.04 Å². The van der Waals surface area contributed by atoms with Crippen molar-refractivity contribution in [3.8, 4) is 0 Å². The van der Waals surface area contributed by atoms with Gasteiger partial charge >= 0.3 is 6.18 Å². The molecule has 0 bridgehead atoms. The lowest BCUT2D eigenvalue weighted by Gasteiger charge is -2.32. The predicted octanol–water partition coefficient (Wildman–Crippen LogP) is 3.79. The van der Waals surface area contributed by atoms with Crippen molar-refractivity contribution in [2.45, 2.75) is 45.3 Å². The average Bonchev–Trinajstić information content (AvgIpc) is 2.72. The second-order valence-electron chi connectivity index (χ2n) is 5.02. The lowest BCUT2D eigenvalue weighted by molar-refractivity contribution is -0.138. The summed E-state index contributed by atoms with van der Waals surface area (Å²) in [5.74, 6) is 1.27. The Balaban J connectivity index is 1.96. The van der Waals surface area contributed by atoms with E-state index in [2.05, 4.69) is 29.4 Å². The number of alkyl halides is 3. The van der Waals surface area contributed by atoms with Crippen LogP contribution in [0.2, 0.25) is 0 Å². The Morgan fingerprint density at radius 1 is 1.17 bits per heavy atom. The van der Waals surface area contributed by atoms with Crippen LogP contribution in [0.3, 0.4) is 0 Å². The molecule has 18 heavy (non-hydrogen) atoms. The Kier molecular flexibility index (Phi) is 3.79. The molecule has 0 amide bonds. The fraction of sp³-hybridized carbons (Fsp3) is 0.818. The maximum atomic E-state index is 12.4. The molecule has 0 saturated heterocycles. The molecule has 2 rings (SSSR count). The van der Waals surface area contributed by atoms with Crippen molar-refractivity contribution >= 4 is 16.5 Å². The van der Waals surface area contributed by atoms with Gasteiger partial charge in [0.2, 0.25) is 10.1 Å². The first-order valence-corrected chi connectivity index (χ1v) is 6.85. The zero-order valence-electron chi connectivity index (χ0n) is 10.3. The largest absolute Gasteiger partial charge is 0.445 e. The second-order valence-corrected chi connectivity index (χ2v) is 6.00. The minimum atomic E-state index is -4.40. The highest BCUT2D eigenvalue weighted by Gasteiger charge is 2.36. The molecule has 3 nitrogen and oxygen atoms in total. The summed E-state index contributed by atoms with van der Waals surface area (Å²) in [7, 11) is 0. The van der Waals surface area contributed by atoms with Crippen molar-refractivity contribution in [1.82, 2.24) is 10.2 Å². The number of hydrogen-bond donors (Lipinski definition) is 1. The second kappa shape index (κ2) is 5.03. The van der Waals surface area contributed by atoms with Crippen molar-refractivity contribution in [2.24, 2.45) is 11.8 Å². The standard InChI is InChI=1S/C11H16F3N3S/c1-6-3-4-8(5-7(6)2)15-10-17-16-9(18-10)11(12,13)14/h6-8H,3-5H2,1-2H3,(H,15,17). The first kappa shape index (κ1) is 13.6. The van der Waals surface area contributed by atoms with E-state index in [0.717, 1.165) is 19.3 Å². The van der Waals surface area contributed by atoms with Gasteiger partial charge in [-0.15, -0.1) is 10.2 Å². The number of nitrogens with one attached hydrogen (secondary N) is 1. The molecule has 102 valence electrons. The molecule has 1 saturated carbocycles. The Morgan fingerprint density at radius 2 is 1.89 bits per heavy atom. The first-order chi connectivity index (χ1) is 8.36. The quantitative estimate of drug-likeness (QED) is 0.895. The van der Waals surface area contributed by atoms with Gasteiger partial charge in [-0.3, -0.25) is 0 Å². The van der Waals surface area contributed by atoms with Crippen LogP contribution in [0.15, 0.2) is 0 Å². The molecule has 1 aromatic rings. The van der Waals surface area contributed by atoms with E-state index in [-0.39, 0.29) is 11.2 Å². The van der Waals surface area contributed by atoms with Crippen molar-refractivity contribution in [3.63, 3.8) is 0 Å².